The molecule has 1 saturated carbocycles. The van der Waals surface area contributed by atoms with E-state index in [1.165, 1.54) is 0 Å². The van der Waals surface area contributed by atoms with Crippen molar-refractivity contribution in [1.29, 1.82) is 0 Å². The predicted octanol–water partition coefficient (Wildman–Crippen LogP) is 2.98. The van der Waals surface area contributed by atoms with Gasteiger partial charge >= 0.3 is 5.97 Å². The highest BCUT2D eigenvalue weighted by Gasteiger charge is 2.26. The van der Waals surface area contributed by atoms with Gasteiger partial charge in [-0.05, 0) is 43.4 Å². The van der Waals surface area contributed by atoms with Crippen LogP contribution in [0.25, 0.3) is 0 Å². The Bertz CT molecular complexity index is 548. The SMILES string of the molecule is CC(C)C(=O)NCc1cccc(O[C@H]2CC[C@H](C(=O)O)CC2)c1. The quantitative estimate of drug-likeness (QED) is 0.845. The van der Waals surface area contributed by atoms with Crippen molar-refractivity contribution in [3.63, 3.8) is 0 Å². The van der Waals surface area contributed by atoms with Gasteiger partial charge in [0.15, 0.2) is 0 Å². The lowest BCUT2D eigenvalue weighted by Gasteiger charge is -2.27. The highest BCUT2D eigenvalue weighted by atomic mass is 16.5. The van der Waals surface area contributed by atoms with Crippen molar-refractivity contribution in [3.8, 4) is 5.75 Å². The van der Waals surface area contributed by atoms with Crippen LogP contribution >= 0.6 is 0 Å². The third-order valence-electron chi connectivity index (χ3n) is 4.22. The summed E-state index contributed by atoms with van der Waals surface area (Å²) in [5, 5.41) is 11.9. The number of nitrogens with one attached hydrogen (secondary N) is 1. The maximum Gasteiger partial charge on any atom is 0.306 e. The molecular formula is C18H25NO4. The molecule has 1 aliphatic carbocycles. The molecule has 2 N–H and O–H groups in total. The average Bonchev–Trinajstić information content (AvgIpc) is 2.53. The molecule has 0 aromatic heterocycles. The number of rotatable bonds is 6. The third-order valence-corrected chi connectivity index (χ3v) is 4.22. The van der Waals surface area contributed by atoms with Gasteiger partial charge < -0.3 is 15.2 Å². The molecule has 0 radical (unpaired) electrons. The number of hydrogen-bond donors (Lipinski definition) is 2. The lowest BCUT2D eigenvalue weighted by molar-refractivity contribution is -0.143. The fourth-order valence-corrected chi connectivity index (χ4v) is 2.74. The van der Waals surface area contributed by atoms with E-state index in [9.17, 15) is 9.59 Å². The van der Waals surface area contributed by atoms with Crippen molar-refractivity contribution in [2.75, 3.05) is 0 Å². The maximum absolute atomic E-state index is 11.6. The molecule has 0 saturated heterocycles. The third kappa shape index (κ3) is 5.27. The van der Waals surface area contributed by atoms with Gasteiger partial charge in [0.2, 0.25) is 5.91 Å². The molecule has 1 amide bonds. The van der Waals surface area contributed by atoms with Crippen LogP contribution in [-0.2, 0) is 16.1 Å². The molecule has 1 fully saturated rings. The first kappa shape index (κ1) is 17.3. The van der Waals surface area contributed by atoms with E-state index < -0.39 is 5.97 Å². The zero-order chi connectivity index (χ0) is 16.8. The van der Waals surface area contributed by atoms with E-state index in [-0.39, 0.29) is 23.8 Å². The Morgan fingerprint density at radius 2 is 1.96 bits per heavy atom. The van der Waals surface area contributed by atoms with Gasteiger partial charge in [0, 0.05) is 12.5 Å². The molecule has 5 heteroatoms. The molecule has 126 valence electrons. The van der Waals surface area contributed by atoms with Crippen molar-refractivity contribution in [2.45, 2.75) is 52.2 Å². The van der Waals surface area contributed by atoms with E-state index in [0.29, 0.717) is 19.4 Å². The van der Waals surface area contributed by atoms with Crippen LogP contribution in [0.3, 0.4) is 0 Å². The molecule has 0 aliphatic heterocycles. The number of hydrogen-bond acceptors (Lipinski definition) is 3. The Kier molecular flexibility index (Phi) is 6.02. The largest absolute Gasteiger partial charge is 0.490 e. The van der Waals surface area contributed by atoms with E-state index in [4.69, 9.17) is 9.84 Å². The number of carboxylic acids is 1. The topological polar surface area (TPSA) is 75.6 Å². The minimum atomic E-state index is -0.702. The first-order valence-electron chi connectivity index (χ1n) is 8.22. The number of carbonyl (C=O) groups is 2. The first-order chi connectivity index (χ1) is 11.0. The van der Waals surface area contributed by atoms with Crippen LogP contribution in [-0.4, -0.2) is 23.1 Å². The van der Waals surface area contributed by atoms with Crippen LogP contribution in [0.1, 0.15) is 45.1 Å². The van der Waals surface area contributed by atoms with Crippen molar-refractivity contribution >= 4 is 11.9 Å². The van der Waals surface area contributed by atoms with E-state index in [1.807, 2.05) is 38.1 Å². The molecule has 2 rings (SSSR count). The molecule has 1 aliphatic rings. The number of aliphatic carboxylic acids is 1. The minimum absolute atomic E-state index is 0.0288. The smallest absolute Gasteiger partial charge is 0.306 e. The second kappa shape index (κ2) is 7.99. The Morgan fingerprint density at radius 3 is 2.57 bits per heavy atom. The summed E-state index contributed by atoms with van der Waals surface area (Å²) in [6, 6.07) is 7.70. The number of ether oxygens (including phenoxy) is 1. The molecule has 1 aromatic carbocycles. The summed E-state index contributed by atoms with van der Waals surface area (Å²) in [6.45, 7) is 4.21. The van der Waals surface area contributed by atoms with E-state index in [0.717, 1.165) is 24.2 Å². The van der Waals surface area contributed by atoms with Crippen molar-refractivity contribution in [3.05, 3.63) is 29.8 Å². The van der Waals surface area contributed by atoms with Gasteiger partial charge in [0.1, 0.15) is 5.75 Å². The maximum atomic E-state index is 11.6. The highest BCUT2D eigenvalue weighted by molar-refractivity contribution is 5.77. The van der Waals surface area contributed by atoms with Gasteiger partial charge in [-0.25, -0.2) is 0 Å². The molecule has 0 heterocycles. The Hall–Kier alpha value is -2.04. The summed E-state index contributed by atoms with van der Waals surface area (Å²) in [6.07, 6.45) is 2.95. The second-order valence-electron chi connectivity index (χ2n) is 6.45. The Morgan fingerprint density at radius 1 is 1.26 bits per heavy atom. The highest BCUT2D eigenvalue weighted by Crippen LogP contribution is 2.28. The summed E-state index contributed by atoms with van der Waals surface area (Å²) >= 11 is 0. The summed E-state index contributed by atoms with van der Waals surface area (Å²) in [4.78, 5) is 22.6. The molecule has 5 nitrogen and oxygen atoms in total. The van der Waals surface area contributed by atoms with E-state index in [2.05, 4.69) is 5.32 Å². The molecular weight excluding hydrogens is 294 g/mol. The van der Waals surface area contributed by atoms with Crippen LogP contribution in [0.5, 0.6) is 5.75 Å². The van der Waals surface area contributed by atoms with Gasteiger partial charge in [-0.3, -0.25) is 9.59 Å². The zero-order valence-corrected chi connectivity index (χ0v) is 13.7. The number of carbonyl (C=O) groups excluding carboxylic acids is 1. The molecule has 0 spiro atoms. The van der Waals surface area contributed by atoms with Gasteiger partial charge in [-0.2, -0.15) is 0 Å². The van der Waals surface area contributed by atoms with Crippen LogP contribution in [0.15, 0.2) is 24.3 Å². The van der Waals surface area contributed by atoms with Crippen LogP contribution in [0, 0.1) is 11.8 Å². The van der Waals surface area contributed by atoms with Crippen molar-refractivity contribution in [1.82, 2.24) is 5.32 Å². The van der Waals surface area contributed by atoms with E-state index in [1.54, 1.807) is 0 Å². The van der Waals surface area contributed by atoms with Crippen LogP contribution in [0.4, 0.5) is 0 Å². The summed E-state index contributed by atoms with van der Waals surface area (Å²) in [7, 11) is 0. The Balaban J connectivity index is 1.86. The number of benzene rings is 1. The minimum Gasteiger partial charge on any atom is -0.490 e. The summed E-state index contributed by atoms with van der Waals surface area (Å²) in [5.41, 5.74) is 0.996. The lowest BCUT2D eigenvalue weighted by Crippen LogP contribution is -2.28. The van der Waals surface area contributed by atoms with Crippen molar-refractivity contribution in [2.24, 2.45) is 11.8 Å². The molecule has 0 unspecified atom stereocenters. The van der Waals surface area contributed by atoms with Crippen LogP contribution < -0.4 is 10.1 Å². The monoisotopic (exact) mass is 319 g/mol. The lowest BCUT2D eigenvalue weighted by atomic mass is 9.87. The summed E-state index contributed by atoms with van der Waals surface area (Å²) < 4.78 is 5.97. The van der Waals surface area contributed by atoms with Gasteiger partial charge in [0.25, 0.3) is 0 Å². The molecule has 0 atom stereocenters. The zero-order valence-electron chi connectivity index (χ0n) is 13.7. The first-order valence-corrected chi connectivity index (χ1v) is 8.22. The second-order valence-corrected chi connectivity index (χ2v) is 6.45. The summed E-state index contributed by atoms with van der Waals surface area (Å²) in [5.74, 6) is -0.152. The van der Waals surface area contributed by atoms with Crippen LogP contribution in [0.2, 0.25) is 0 Å². The van der Waals surface area contributed by atoms with Gasteiger partial charge in [-0.15, -0.1) is 0 Å². The number of carboxylic acid groups (broad SMARTS) is 1. The van der Waals surface area contributed by atoms with Gasteiger partial charge in [-0.1, -0.05) is 26.0 Å². The fraction of sp³-hybridized carbons (Fsp3) is 0.556. The van der Waals surface area contributed by atoms with Crippen molar-refractivity contribution < 1.29 is 19.4 Å². The predicted molar refractivity (Wildman–Crippen MR) is 87.1 cm³/mol. The standard InChI is InChI=1S/C18H25NO4/c1-12(2)17(20)19-11-13-4-3-5-16(10-13)23-15-8-6-14(7-9-15)18(21)22/h3-5,10,12,14-15H,6-9,11H2,1-2H3,(H,19,20)(H,21,22)/t14-,15-. The van der Waals surface area contributed by atoms with Gasteiger partial charge in [0.05, 0.1) is 12.0 Å². The fourth-order valence-electron chi connectivity index (χ4n) is 2.74. The number of amides is 1. The van der Waals surface area contributed by atoms with E-state index >= 15 is 0 Å². The molecule has 0 bridgehead atoms. The average molecular weight is 319 g/mol. The normalized spacial score (nSPS) is 21.0. The Labute approximate surface area is 137 Å². The molecule has 1 aromatic rings. The molecule has 23 heavy (non-hydrogen) atoms.